The number of fused-ring (bicyclic) bond motifs is 1. The maximum absolute atomic E-state index is 13.4. The summed E-state index contributed by atoms with van der Waals surface area (Å²) >= 11 is 3.10. The number of morpholine rings is 1. The van der Waals surface area contributed by atoms with E-state index in [4.69, 9.17) is 4.74 Å². The number of carbonyl (C=O) groups is 1. The standard InChI is InChI=1S/C18H13BrF3N3O2/c19-15-16(10-6-7-13-12(8-10)23-14(26)9-27-13)25(11-4-2-1-3-5-11)24-17(15)18(20,21)22/h1-5,7-8,10H,6,9H2,(H,23,26). The second-order valence-corrected chi connectivity index (χ2v) is 6.91. The number of nitrogens with one attached hydrogen (secondary N) is 1. The molecule has 140 valence electrons. The van der Waals surface area contributed by atoms with Crippen molar-refractivity contribution in [2.45, 2.75) is 18.5 Å². The van der Waals surface area contributed by atoms with Gasteiger partial charge in [0.1, 0.15) is 5.76 Å². The molecule has 0 saturated carbocycles. The SMILES string of the molecule is O=C1COC2=CCC(c3c(Br)c(C(F)(F)F)nn3-c3ccccc3)C=C2N1. The summed E-state index contributed by atoms with van der Waals surface area (Å²) in [6.07, 6.45) is -0.711. The average Bonchev–Trinajstić information content (AvgIpc) is 2.99. The van der Waals surface area contributed by atoms with Gasteiger partial charge in [-0.05, 0) is 46.6 Å². The van der Waals surface area contributed by atoms with Crippen LogP contribution in [0, 0.1) is 0 Å². The van der Waals surface area contributed by atoms with Gasteiger partial charge in [-0.3, -0.25) is 4.79 Å². The van der Waals surface area contributed by atoms with Crippen LogP contribution in [0.15, 0.2) is 58.4 Å². The van der Waals surface area contributed by atoms with E-state index in [1.54, 1.807) is 42.5 Å². The number of alkyl halides is 3. The first-order valence-corrected chi connectivity index (χ1v) is 8.90. The van der Waals surface area contributed by atoms with E-state index in [-0.39, 0.29) is 17.0 Å². The molecule has 1 saturated heterocycles. The van der Waals surface area contributed by atoms with Crippen LogP contribution in [0.5, 0.6) is 0 Å². The van der Waals surface area contributed by atoms with Crippen molar-refractivity contribution in [1.29, 1.82) is 0 Å². The molecule has 27 heavy (non-hydrogen) atoms. The molecule has 2 aromatic rings. The fraction of sp³-hybridized carbons (Fsp3) is 0.222. The molecule has 9 heteroatoms. The van der Waals surface area contributed by atoms with Crippen molar-refractivity contribution in [3.63, 3.8) is 0 Å². The van der Waals surface area contributed by atoms with Gasteiger partial charge in [0.15, 0.2) is 12.3 Å². The zero-order valence-corrected chi connectivity index (χ0v) is 15.3. The fourth-order valence-corrected chi connectivity index (χ4v) is 3.90. The Morgan fingerprint density at radius 2 is 2.00 bits per heavy atom. The lowest BCUT2D eigenvalue weighted by Gasteiger charge is -2.26. The predicted molar refractivity (Wildman–Crippen MR) is 93.9 cm³/mol. The zero-order chi connectivity index (χ0) is 19.2. The molecule has 0 spiro atoms. The highest BCUT2D eigenvalue weighted by atomic mass is 79.9. The quantitative estimate of drug-likeness (QED) is 0.767. The summed E-state index contributed by atoms with van der Waals surface area (Å²) in [7, 11) is 0. The van der Waals surface area contributed by atoms with Crippen LogP contribution in [0.4, 0.5) is 13.2 Å². The van der Waals surface area contributed by atoms with Crippen molar-refractivity contribution in [3.05, 3.63) is 69.8 Å². The van der Waals surface area contributed by atoms with E-state index in [1.807, 2.05) is 0 Å². The molecule has 1 N–H and O–H groups in total. The molecule has 4 rings (SSSR count). The smallest absolute Gasteiger partial charge is 0.436 e. The molecular weight excluding hydrogens is 427 g/mol. The van der Waals surface area contributed by atoms with Crippen LogP contribution in [-0.4, -0.2) is 22.3 Å². The molecule has 2 heterocycles. The second-order valence-electron chi connectivity index (χ2n) is 6.12. The number of aromatic nitrogens is 2. The summed E-state index contributed by atoms with van der Waals surface area (Å²) in [5.41, 5.74) is 0.346. The minimum Gasteiger partial charge on any atom is -0.482 e. The summed E-state index contributed by atoms with van der Waals surface area (Å²) in [6.45, 7) is -0.0717. The number of para-hydroxylation sites is 1. The molecule has 0 bridgehead atoms. The van der Waals surface area contributed by atoms with Crippen molar-refractivity contribution in [2.24, 2.45) is 0 Å². The van der Waals surface area contributed by atoms with Gasteiger partial charge < -0.3 is 10.1 Å². The highest BCUT2D eigenvalue weighted by Crippen LogP contribution is 2.42. The second kappa shape index (κ2) is 6.56. The van der Waals surface area contributed by atoms with Crippen LogP contribution in [-0.2, 0) is 15.7 Å². The first kappa shape index (κ1) is 17.8. The van der Waals surface area contributed by atoms with Crippen molar-refractivity contribution in [1.82, 2.24) is 15.1 Å². The van der Waals surface area contributed by atoms with Crippen LogP contribution in [0.3, 0.4) is 0 Å². The van der Waals surface area contributed by atoms with Gasteiger partial charge in [0.2, 0.25) is 0 Å². The van der Waals surface area contributed by atoms with E-state index < -0.39 is 17.8 Å². The minimum atomic E-state index is -4.60. The predicted octanol–water partition coefficient (Wildman–Crippen LogP) is 4.06. The van der Waals surface area contributed by atoms with Crippen LogP contribution < -0.4 is 5.32 Å². The molecule has 5 nitrogen and oxygen atoms in total. The van der Waals surface area contributed by atoms with E-state index in [1.165, 1.54) is 4.68 Å². The number of amides is 1. The molecule has 1 fully saturated rings. The van der Waals surface area contributed by atoms with Gasteiger partial charge in [-0.1, -0.05) is 18.2 Å². The molecule has 2 aliphatic rings. The van der Waals surface area contributed by atoms with Crippen molar-refractivity contribution in [3.8, 4) is 5.69 Å². The third-order valence-electron chi connectivity index (χ3n) is 4.30. The number of hydrogen-bond acceptors (Lipinski definition) is 3. The first-order valence-electron chi connectivity index (χ1n) is 8.10. The Morgan fingerprint density at radius 3 is 2.70 bits per heavy atom. The van der Waals surface area contributed by atoms with E-state index >= 15 is 0 Å². The molecular formula is C18H13BrF3N3O2. The van der Waals surface area contributed by atoms with Gasteiger partial charge in [0.25, 0.3) is 5.91 Å². The normalized spacial score (nSPS) is 19.6. The molecule has 1 aliphatic carbocycles. The fourth-order valence-electron chi connectivity index (χ4n) is 3.13. The summed E-state index contributed by atoms with van der Waals surface area (Å²) in [6, 6.07) is 8.61. The largest absolute Gasteiger partial charge is 0.482 e. The number of ether oxygens (including phenoxy) is 1. The van der Waals surface area contributed by atoms with Crippen LogP contribution >= 0.6 is 15.9 Å². The molecule has 1 aromatic heterocycles. The monoisotopic (exact) mass is 439 g/mol. The lowest BCUT2D eigenvalue weighted by Crippen LogP contribution is -2.35. The minimum absolute atomic E-state index is 0.0717. The molecule has 1 amide bonds. The molecule has 0 radical (unpaired) electrons. The van der Waals surface area contributed by atoms with Crippen LogP contribution in [0.25, 0.3) is 5.69 Å². The number of halogens is 4. The van der Waals surface area contributed by atoms with Gasteiger partial charge in [0, 0.05) is 5.92 Å². The lowest BCUT2D eigenvalue weighted by molar-refractivity contribution is -0.142. The topological polar surface area (TPSA) is 56.1 Å². The molecule has 1 aliphatic heterocycles. The average molecular weight is 440 g/mol. The van der Waals surface area contributed by atoms with Crippen molar-refractivity contribution >= 4 is 21.8 Å². The van der Waals surface area contributed by atoms with Gasteiger partial charge in [-0.2, -0.15) is 18.3 Å². The third-order valence-corrected chi connectivity index (χ3v) is 5.09. The number of nitrogens with zero attached hydrogens (tertiary/aromatic N) is 2. The number of rotatable bonds is 2. The van der Waals surface area contributed by atoms with Gasteiger partial charge in [0.05, 0.1) is 21.6 Å². The summed E-state index contributed by atoms with van der Waals surface area (Å²) in [5.74, 6) is -0.196. The lowest BCUT2D eigenvalue weighted by atomic mass is 9.93. The Labute approximate surface area is 160 Å². The van der Waals surface area contributed by atoms with E-state index in [2.05, 4.69) is 26.3 Å². The number of benzene rings is 1. The van der Waals surface area contributed by atoms with Gasteiger partial charge >= 0.3 is 6.18 Å². The maximum Gasteiger partial charge on any atom is 0.436 e. The van der Waals surface area contributed by atoms with E-state index in [0.29, 0.717) is 29.3 Å². The Kier molecular flexibility index (Phi) is 4.33. The van der Waals surface area contributed by atoms with E-state index in [0.717, 1.165) is 0 Å². The Balaban J connectivity index is 1.84. The van der Waals surface area contributed by atoms with Gasteiger partial charge in [-0.15, -0.1) is 0 Å². The zero-order valence-electron chi connectivity index (χ0n) is 13.8. The summed E-state index contributed by atoms with van der Waals surface area (Å²) in [4.78, 5) is 11.6. The maximum atomic E-state index is 13.4. The van der Waals surface area contributed by atoms with E-state index in [9.17, 15) is 18.0 Å². The van der Waals surface area contributed by atoms with Crippen molar-refractivity contribution in [2.75, 3.05) is 6.61 Å². The number of hydrogen-bond donors (Lipinski definition) is 1. The number of carbonyl (C=O) groups excluding carboxylic acids is 1. The van der Waals surface area contributed by atoms with Crippen molar-refractivity contribution < 1.29 is 22.7 Å². The van der Waals surface area contributed by atoms with Crippen LogP contribution in [0.1, 0.15) is 23.7 Å². The van der Waals surface area contributed by atoms with Crippen LogP contribution in [0.2, 0.25) is 0 Å². The summed E-state index contributed by atoms with van der Waals surface area (Å²) in [5, 5.41) is 6.52. The Hall–Kier alpha value is -2.55. The molecule has 1 unspecified atom stereocenters. The summed E-state index contributed by atoms with van der Waals surface area (Å²) < 4.78 is 46.8. The highest BCUT2D eigenvalue weighted by molar-refractivity contribution is 9.10. The number of allylic oxidation sites excluding steroid dienone is 2. The third kappa shape index (κ3) is 3.27. The molecule has 1 aromatic carbocycles. The van der Waals surface area contributed by atoms with Gasteiger partial charge in [-0.25, -0.2) is 4.68 Å². The highest BCUT2D eigenvalue weighted by Gasteiger charge is 2.40. The Morgan fingerprint density at radius 1 is 1.26 bits per heavy atom. The molecule has 1 atom stereocenters. The Bertz CT molecular complexity index is 964. The first-order chi connectivity index (χ1) is 12.8.